The Kier molecular flexibility index (Phi) is 7.69. The number of rotatable bonds is 7. The molecule has 7 nitrogen and oxygen atoms in total. The molecule has 0 unspecified atom stereocenters. The quantitative estimate of drug-likeness (QED) is 0.629. The van der Waals surface area contributed by atoms with E-state index < -0.39 is 10.0 Å². The van der Waals surface area contributed by atoms with Crippen LogP contribution in [0.4, 0.5) is 5.69 Å². The Morgan fingerprint density at radius 1 is 1.19 bits per heavy atom. The molecule has 1 saturated heterocycles. The molecule has 1 heterocycles. The fourth-order valence-electron chi connectivity index (χ4n) is 3.55. The van der Waals surface area contributed by atoms with Crippen molar-refractivity contribution in [3.63, 3.8) is 0 Å². The van der Waals surface area contributed by atoms with E-state index in [4.69, 9.17) is 27.9 Å². The third kappa shape index (κ3) is 5.83. The molecular formula is C21H25Cl2N3O4S. The lowest BCUT2D eigenvalue weighted by atomic mass is 10.0. The summed E-state index contributed by atoms with van der Waals surface area (Å²) in [6.07, 6.45) is 1.78. The summed E-state index contributed by atoms with van der Waals surface area (Å²) in [5, 5.41) is 3.45. The Hall–Kier alpha value is -2.00. The molecule has 0 spiro atoms. The predicted octanol–water partition coefficient (Wildman–Crippen LogP) is 3.19. The highest BCUT2D eigenvalue weighted by Crippen LogP contribution is 2.38. The second kappa shape index (κ2) is 10.1. The Morgan fingerprint density at radius 3 is 2.55 bits per heavy atom. The number of nitrogens with one attached hydrogen (secondary N) is 2. The number of sulfonamides is 1. The van der Waals surface area contributed by atoms with Crippen molar-refractivity contribution < 1.29 is 22.8 Å². The van der Waals surface area contributed by atoms with Crippen LogP contribution in [0.2, 0.25) is 10.0 Å². The van der Waals surface area contributed by atoms with Gasteiger partial charge in [0.25, 0.3) is 5.91 Å². The molecular weight excluding hydrogens is 461 g/mol. The average Bonchev–Trinajstić information content (AvgIpc) is 2.76. The van der Waals surface area contributed by atoms with Gasteiger partial charge in [0.1, 0.15) is 15.8 Å². The van der Waals surface area contributed by atoms with Gasteiger partial charge in [0.15, 0.2) is 0 Å². The average molecular weight is 486 g/mol. The van der Waals surface area contributed by atoms with Crippen LogP contribution in [-0.4, -0.2) is 47.1 Å². The van der Waals surface area contributed by atoms with Gasteiger partial charge in [0.05, 0.1) is 31.6 Å². The zero-order valence-corrected chi connectivity index (χ0v) is 19.6. The van der Waals surface area contributed by atoms with Crippen molar-refractivity contribution >= 4 is 44.8 Å². The minimum absolute atomic E-state index is 0.0104. The van der Waals surface area contributed by atoms with Crippen molar-refractivity contribution in [3.05, 3.63) is 56.7 Å². The Labute approximate surface area is 192 Å². The second-order valence-electron chi connectivity index (χ2n) is 7.38. The van der Waals surface area contributed by atoms with Crippen LogP contribution in [0.3, 0.4) is 0 Å². The lowest BCUT2D eigenvalue weighted by Crippen LogP contribution is -3.13. The van der Waals surface area contributed by atoms with Gasteiger partial charge in [-0.1, -0.05) is 29.3 Å². The number of hydrogen-bond acceptors (Lipinski definition) is 4. The molecule has 1 fully saturated rings. The van der Waals surface area contributed by atoms with Gasteiger partial charge in [-0.25, -0.2) is 8.42 Å². The largest absolute Gasteiger partial charge is 0.571 e. The number of piperidine rings is 1. The smallest absolute Gasteiger partial charge is 0.251 e. The van der Waals surface area contributed by atoms with Gasteiger partial charge in [0, 0.05) is 34.5 Å². The van der Waals surface area contributed by atoms with Crippen LogP contribution in [0.25, 0.3) is 4.72 Å². The van der Waals surface area contributed by atoms with Gasteiger partial charge in [-0.05, 0) is 37.3 Å². The van der Waals surface area contributed by atoms with Crippen molar-refractivity contribution in [1.82, 2.24) is 5.32 Å². The van der Waals surface area contributed by atoms with E-state index >= 15 is 0 Å². The summed E-state index contributed by atoms with van der Waals surface area (Å²) in [5.74, 6) is -0.247. The first kappa shape index (κ1) is 23.7. The monoisotopic (exact) mass is 485 g/mol. The number of halogens is 2. The summed E-state index contributed by atoms with van der Waals surface area (Å²) in [7, 11) is -2.87. The van der Waals surface area contributed by atoms with Crippen molar-refractivity contribution in [2.45, 2.75) is 30.7 Å². The molecule has 0 bridgehead atoms. The highest BCUT2D eigenvalue weighted by molar-refractivity contribution is 7.94. The maximum absolute atomic E-state index is 13.0. The van der Waals surface area contributed by atoms with Crippen LogP contribution >= 0.6 is 23.2 Å². The number of carbonyl (C=O) groups is 1. The van der Waals surface area contributed by atoms with E-state index in [1.165, 1.54) is 48.4 Å². The lowest BCUT2D eigenvalue weighted by molar-refractivity contribution is -0.903. The summed E-state index contributed by atoms with van der Waals surface area (Å²) < 4.78 is 35.0. The molecule has 31 heavy (non-hydrogen) atoms. The first-order valence-corrected chi connectivity index (χ1v) is 12.2. The van der Waals surface area contributed by atoms with E-state index in [1.807, 2.05) is 0 Å². The number of carbonyl (C=O) groups excluding carboxylic acids is 1. The zero-order chi connectivity index (χ0) is 22.6. The summed E-state index contributed by atoms with van der Waals surface area (Å²) in [6, 6.07) is 8.68. The summed E-state index contributed by atoms with van der Waals surface area (Å²) in [5.41, 5.74) is 0.230. The van der Waals surface area contributed by atoms with Gasteiger partial charge >= 0.3 is 0 Å². The number of hydrogen-bond donors (Lipinski definition) is 2. The van der Waals surface area contributed by atoms with Gasteiger partial charge < -0.3 is 19.7 Å². The Balaban J connectivity index is 1.83. The molecule has 168 valence electrons. The molecule has 0 atom stereocenters. The van der Waals surface area contributed by atoms with E-state index in [-0.39, 0.29) is 38.9 Å². The van der Waals surface area contributed by atoms with Crippen LogP contribution in [-0.2, 0) is 10.0 Å². The first-order valence-electron chi connectivity index (χ1n) is 9.99. The summed E-state index contributed by atoms with van der Waals surface area (Å²) in [6.45, 7) is 5.22. The minimum atomic E-state index is -4.22. The fraction of sp³-hybridized carbons (Fsp3) is 0.381. The van der Waals surface area contributed by atoms with Crippen LogP contribution in [0.1, 0.15) is 30.1 Å². The first-order chi connectivity index (χ1) is 14.7. The maximum Gasteiger partial charge on any atom is 0.251 e. The van der Waals surface area contributed by atoms with E-state index in [0.29, 0.717) is 5.02 Å². The SMILES string of the molecule is CC[NH+]1CCC(NC(=O)c2ccc(OC)c(S(=O)(=O)[N-]c3cc(Cl)ccc3Cl)c2)CC1. The molecule has 1 aliphatic rings. The minimum Gasteiger partial charge on any atom is -0.571 e. The topological polar surface area (TPSA) is 91.0 Å². The van der Waals surface area contributed by atoms with Gasteiger partial charge in [-0.15, -0.1) is 5.69 Å². The van der Waals surface area contributed by atoms with E-state index in [9.17, 15) is 13.2 Å². The lowest BCUT2D eigenvalue weighted by Gasteiger charge is -2.29. The maximum atomic E-state index is 13.0. The number of likely N-dealkylation sites (tertiary alicyclic amines) is 1. The predicted molar refractivity (Wildman–Crippen MR) is 121 cm³/mol. The molecule has 0 aromatic heterocycles. The zero-order valence-electron chi connectivity index (χ0n) is 17.3. The fourth-order valence-corrected chi connectivity index (χ4v) is 5.11. The highest BCUT2D eigenvalue weighted by atomic mass is 35.5. The summed E-state index contributed by atoms with van der Waals surface area (Å²) >= 11 is 12.0. The third-order valence-corrected chi connectivity index (χ3v) is 7.22. The van der Waals surface area contributed by atoms with Crippen LogP contribution in [0.15, 0.2) is 41.3 Å². The van der Waals surface area contributed by atoms with E-state index in [0.717, 1.165) is 32.5 Å². The Bertz CT molecular complexity index is 1050. The van der Waals surface area contributed by atoms with Crippen molar-refractivity contribution in [2.24, 2.45) is 0 Å². The normalized spacial score (nSPS) is 19.0. The molecule has 2 N–H and O–H groups in total. The molecule has 10 heteroatoms. The van der Waals surface area contributed by atoms with Crippen molar-refractivity contribution in [1.29, 1.82) is 0 Å². The molecule has 2 aromatic rings. The molecule has 0 radical (unpaired) electrons. The molecule has 2 aromatic carbocycles. The number of quaternary nitrogens is 1. The standard InChI is InChI=1S/C21H24Cl2N3O4S/c1-3-26-10-8-16(9-11-26)24-21(27)14-4-7-19(30-2)20(12-14)31(28,29)25-18-13-15(22)5-6-17(18)23/h4-7,12-13,16H,3,8-11H2,1-2H3,(H,24,27)/q-1/p+1. The van der Waals surface area contributed by atoms with E-state index in [2.05, 4.69) is 17.0 Å². The van der Waals surface area contributed by atoms with Gasteiger partial charge in [-0.3, -0.25) is 4.79 Å². The van der Waals surface area contributed by atoms with Crippen molar-refractivity contribution in [3.8, 4) is 5.75 Å². The molecule has 1 amide bonds. The Morgan fingerprint density at radius 2 is 1.90 bits per heavy atom. The summed E-state index contributed by atoms with van der Waals surface area (Å²) in [4.78, 5) is 14.1. The van der Waals surface area contributed by atoms with Gasteiger partial charge in [0.2, 0.25) is 0 Å². The second-order valence-corrected chi connectivity index (χ2v) is 9.80. The number of benzene rings is 2. The van der Waals surface area contributed by atoms with Crippen LogP contribution in [0.5, 0.6) is 5.75 Å². The van der Waals surface area contributed by atoms with E-state index in [1.54, 1.807) is 0 Å². The molecule has 0 saturated carbocycles. The number of amides is 1. The van der Waals surface area contributed by atoms with Crippen molar-refractivity contribution in [2.75, 3.05) is 26.7 Å². The number of nitrogens with zero attached hydrogens (tertiary/aromatic N) is 1. The number of ether oxygens (including phenoxy) is 1. The molecule has 1 aliphatic heterocycles. The van der Waals surface area contributed by atoms with Crippen LogP contribution < -0.4 is 15.0 Å². The van der Waals surface area contributed by atoms with Crippen LogP contribution in [0, 0.1) is 0 Å². The molecule has 3 rings (SSSR count). The van der Waals surface area contributed by atoms with Gasteiger partial charge in [-0.2, -0.15) is 0 Å². The number of methoxy groups -OCH3 is 1. The molecule has 0 aliphatic carbocycles. The highest BCUT2D eigenvalue weighted by Gasteiger charge is 2.23. The third-order valence-electron chi connectivity index (χ3n) is 5.36.